The van der Waals surface area contributed by atoms with Gasteiger partial charge >= 0.3 is 0 Å². The molecular weight excluding hydrogens is 361 g/mol. The third kappa shape index (κ3) is 5.92. The highest BCUT2D eigenvalue weighted by atomic mass is 35.5. The highest BCUT2D eigenvalue weighted by Gasteiger charge is 2.10. The van der Waals surface area contributed by atoms with Gasteiger partial charge in [0.05, 0.1) is 18.2 Å². The van der Waals surface area contributed by atoms with Gasteiger partial charge in [-0.25, -0.2) is 0 Å². The predicted molar refractivity (Wildman–Crippen MR) is 101 cm³/mol. The second-order valence-electron chi connectivity index (χ2n) is 5.30. The van der Waals surface area contributed by atoms with Crippen LogP contribution in [0.4, 0.5) is 0 Å². The maximum absolute atomic E-state index is 11.8. The van der Waals surface area contributed by atoms with E-state index in [0.29, 0.717) is 28.7 Å². The topological polar surface area (TPSA) is 92.4 Å². The lowest BCUT2D eigenvalue weighted by molar-refractivity contribution is 0.0954. The van der Waals surface area contributed by atoms with Gasteiger partial charge in [0, 0.05) is 29.0 Å². The summed E-state index contributed by atoms with van der Waals surface area (Å²) in [5.41, 5.74) is 7.24. The first-order valence-electron chi connectivity index (χ1n) is 7.67. The normalized spacial score (nSPS) is 12.5. The highest BCUT2D eigenvalue weighted by molar-refractivity contribution is 6.35. The van der Waals surface area contributed by atoms with E-state index in [4.69, 9.17) is 28.9 Å². The molecule has 0 fully saturated rings. The van der Waals surface area contributed by atoms with Gasteiger partial charge in [0.25, 0.3) is 5.91 Å². The molecule has 0 radical (unpaired) electrons. The molecule has 1 unspecified atom stereocenters. The quantitative estimate of drug-likeness (QED) is 0.408. The first-order chi connectivity index (χ1) is 12.0. The highest BCUT2D eigenvalue weighted by Crippen LogP contribution is 2.25. The minimum Gasteiger partial charge on any atom is -0.370 e. The molecule has 2 aromatic rings. The average molecular weight is 380 g/mol. The van der Waals surface area contributed by atoms with Crippen LogP contribution in [0, 0.1) is 0 Å². The number of carbonyl (C=O) groups is 1. The maximum atomic E-state index is 11.8. The van der Waals surface area contributed by atoms with Gasteiger partial charge in [0.2, 0.25) is 0 Å². The zero-order valence-electron chi connectivity index (χ0n) is 13.7. The molecule has 132 valence electrons. The third-order valence-corrected chi connectivity index (χ3v) is 3.96. The van der Waals surface area contributed by atoms with Crippen LogP contribution in [0.15, 0.2) is 47.7 Å². The van der Waals surface area contributed by atoms with Crippen molar-refractivity contribution in [2.75, 3.05) is 13.1 Å². The Kier molecular flexibility index (Phi) is 7.03. The van der Waals surface area contributed by atoms with E-state index in [1.807, 2.05) is 13.0 Å². The van der Waals surface area contributed by atoms with Crippen LogP contribution in [-0.4, -0.2) is 29.9 Å². The summed E-state index contributed by atoms with van der Waals surface area (Å²) in [5, 5.41) is 6.94. The molecule has 1 atom stereocenters. The van der Waals surface area contributed by atoms with Crippen molar-refractivity contribution in [2.45, 2.75) is 13.0 Å². The summed E-state index contributed by atoms with van der Waals surface area (Å²) >= 11 is 12.1. The molecule has 1 aromatic carbocycles. The molecule has 1 aromatic heterocycles. The minimum absolute atomic E-state index is 0.126. The Balaban J connectivity index is 1.80. The number of nitrogens with one attached hydrogen (secondary N) is 2. The zero-order valence-corrected chi connectivity index (χ0v) is 15.2. The van der Waals surface area contributed by atoms with Crippen LogP contribution in [0.25, 0.3) is 0 Å². The van der Waals surface area contributed by atoms with Gasteiger partial charge in [-0.3, -0.25) is 14.8 Å². The Morgan fingerprint density at radius 1 is 1.36 bits per heavy atom. The molecule has 4 N–H and O–H groups in total. The molecule has 8 heteroatoms. The van der Waals surface area contributed by atoms with Crippen molar-refractivity contribution in [1.82, 2.24) is 15.6 Å². The fourth-order valence-corrected chi connectivity index (χ4v) is 2.71. The van der Waals surface area contributed by atoms with E-state index in [0.717, 1.165) is 5.56 Å². The van der Waals surface area contributed by atoms with Crippen molar-refractivity contribution in [3.63, 3.8) is 0 Å². The van der Waals surface area contributed by atoms with Crippen molar-refractivity contribution in [3.05, 3.63) is 63.9 Å². The summed E-state index contributed by atoms with van der Waals surface area (Å²) in [6.45, 7) is 2.64. The van der Waals surface area contributed by atoms with Gasteiger partial charge in [-0.1, -0.05) is 29.3 Å². The largest absolute Gasteiger partial charge is 0.370 e. The van der Waals surface area contributed by atoms with E-state index in [2.05, 4.69) is 20.6 Å². The molecule has 0 bridgehead atoms. The van der Waals surface area contributed by atoms with E-state index in [9.17, 15) is 4.79 Å². The number of guanidine groups is 1. The third-order valence-electron chi connectivity index (χ3n) is 3.40. The van der Waals surface area contributed by atoms with Gasteiger partial charge in [0.1, 0.15) is 0 Å². The van der Waals surface area contributed by atoms with Crippen molar-refractivity contribution in [1.29, 1.82) is 0 Å². The lowest BCUT2D eigenvalue weighted by Gasteiger charge is -2.16. The smallest absolute Gasteiger partial charge is 0.252 e. The summed E-state index contributed by atoms with van der Waals surface area (Å²) in [7, 11) is 0. The van der Waals surface area contributed by atoms with E-state index in [-0.39, 0.29) is 17.9 Å². The van der Waals surface area contributed by atoms with Crippen molar-refractivity contribution in [3.8, 4) is 0 Å². The molecule has 0 saturated carbocycles. The molecule has 0 spiro atoms. The first kappa shape index (κ1) is 19.0. The zero-order chi connectivity index (χ0) is 18.2. The van der Waals surface area contributed by atoms with E-state index in [1.165, 1.54) is 6.20 Å². The number of carbonyl (C=O) groups excluding carboxylic acids is 1. The Morgan fingerprint density at radius 3 is 2.84 bits per heavy atom. The Morgan fingerprint density at radius 2 is 2.16 bits per heavy atom. The van der Waals surface area contributed by atoms with Gasteiger partial charge < -0.3 is 16.4 Å². The van der Waals surface area contributed by atoms with Crippen LogP contribution in [0.2, 0.25) is 10.0 Å². The molecule has 0 saturated heterocycles. The van der Waals surface area contributed by atoms with Gasteiger partial charge in [-0.15, -0.1) is 0 Å². The Labute approximate surface area is 156 Å². The predicted octanol–water partition coefficient (Wildman–Crippen LogP) is 2.78. The number of aromatic nitrogens is 1. The maximum Gasteiger partial charge on any atom is 0.252 e. The molecule has 0 aliphatic rings. The fourth-order valence-electron chi connectivity index (χ4n) is 2.14. The molecule has 0 aliphatic heterocycles. The first-order valence-corrected chi connectivity index (χ1v) is 8.42. The number of aliphatic imine (C=N–C) groups is 1. The van der Waals surface area contributed by atoms with Gasteiger partial charge in [-0.05, 0) is 36.8 Å². The lowest BCUT2D eigenvalue weighted by Crippen LogP contribution is -2.35. The van der Waals surface area contributed by atoms with Crippen molar-refractivity contribution < 1.29 is 4.79 Å². The molecule has 25 heavy (non-hydrogen) atoms. The van der Waals surface area contributed by atoms with Crippen LogP contribution in [0.3, 0.4) is 0 Å². The number of nitrogens with zero attached hydrogens (tertiary/aromatic N) is 2. The van der Waals surface area contributed by atoms with E-state index >= 15 is 0 Å². The summed E-state index contributed by atoms with van der Waals surface area (Å²) in [4.78, 5) is 19.9. The Bertz CT molecular complexity index is 752. The Hall–Kier alpha value is -2.31. The van der Waals surface area contributed by atoms with Crippen LogP contribution < -0.4 is 16.4 Å². The number of nitrogens with two attached hydrogens (primary N) is 1. The van der Waals surface area contributed by atoms with E-state index < -0.39 is 0 Å². The number of amides is 1. The van der Waals surface area contributed by atoms with Crippen molar-refractivity contribution >= 4 is 35.1 Å². The summed E-state index contributed by atoms with van der Waals surface area (Å²) in [6.07, 6.45) is 3.12. The minimum atomic E-state index is -0.198. The van der Waals surface area contributed by atoms with Gasteiger partial charge in [0.15, 0.2) is 5.96 Å². The molecule has 6 nitrogen and oxygen atoms in total. The van der Waals surface area contributed by atoms with Crippen molar-refractivity contribution in [2.24, 2.45) is 10.7 Å². The number of benzene rings is 1. The number of halogens is 2. The number of hydrogen-bond acceptors (Lipinski definition) is 3. The number of hydrogen-bond donors (Lipinski definition) is 3. The average Bonchev–Trinajstić information content (AvgIpc) is 2.59. The molecule has 2 rings (SSSR count). The number of rotatable bonds is 6. The summed E-state index contributed by atoms with van der Waals surface area (Å²) < 4.78 is 0. The molecule has 1 amide bonds. The second-order valence-corrected chi connectivity index (χ2v) is 6.14. The summed E-state index contributed by atoms with van der Waals surface area (Å²) in [6, 6.07) is 8.56. The van der Waals surface area contributed by atoms with E-state index in [1.54, 1.807) is 30.5 Å². The fraction of sp³-hybridized carbons (Fsp3) is 0.235. The second kappa shape index (κ2) is 9.25. The van der Waals surface area contributed by atoms with Crippen LogP contribution >= 0.6 is 23.2 Å². The monoisotopic (exact) mass is 379 g/mol. The van der Waals surface area contributed by atoms with Crippen LogP contribution in [0.5, 0.6) is 0 Å². The lowest BCUT2D eigenvalue weighted by atomic mass is 10.1. The summed E-state index contributed by atoms with van der Waals surface area (Å²) in [5.74, 6) is 0.0743. The molecular formula is C17H19Cl2N5O. The van der Waals surface area contributed by atoms with Crippen LogP contribution in [-0.2, 0) is 0 Å². The standard InChI is InChI=1S/C17H19Cl2N5O/c1-11(14-5-4-13(18)9-15(14)19)24-17(20)23-8-7-22-16(25)12-3-2-6-21-10-12/h2-6,9-11H,7-8H2,1H3,(H,22,25)(H3,20,23,24). The number of pyridine rings is 1. The molecule has 0 aliphatic carbocycles. The van der Waals surface area contributed by atoms with Gasteiger partial charge in [-0.2, -0.15) is 0 Å². The SMILES string of the molecule is CC(NC(N)=NCCNC(=O)c1cccnc1)c1ccc(Cl)cc1Cl. The molecule has 1 heterocycles. The van der Waals surface area contributed by atoms with Crippen LogP contribution in [0.1, 0.15) is 28.9 Å².